The number of aromatic nitrogens is 2. The van der Waals surface area contributed by atoms with Gasteiger partial charge in [0.2, 0.25) is 0 Å². The Morgan fingerprint density at radius 1 is 1.40 bits per heavy atom. The van der Waals surface area contributed by atoms with Crippen LogP contribution in [0.2, 0.25) is 0 Å². The number of rotatable bonds is 2. The fourth-order valence-electron chi connectivity index (χ4n) is 1.50. The molecular weight excluding hydrogens is 193 g/mol. The summed E-state index contributed by atoms with van der Waals surface area (Å²) in [5, 5.41) is 4.06. The molecule has 0 amide bonds. The van der Waals surface area contributed by atoms with Crippen molar-refractivity contribution in [3.8, 4) is 0 Å². The quantitative estimate of drug-likeness (QED) is 0.759. The number of hydrogen-bond donors (Lipinski definition) is 1. The molecule has 2 aromatic rings. The summed E-state index contributed by atoms with van der Waals surface area (Å²) in [5.41, 5.74) is 8.17. The first kappa shape index (κ1) is 9.71. The van der Waals surface area contributed by atoms with Gasteiger partial charge in [-0.2, -0.15) is 5.10 Å². The van der Waals surface area contributed by atoms with Gasteiger partial charge in [0.25, 0.3) is 0 Å². The lowest BCUT2D eigenvalue weighted by atomic mass is 10.1. The summed E-state index contributed by atoms with van der Waals surface area (Å²) in [4.78, 5) is 0. The highest BCUT2D eigenvalue weighted by molar-refractivity contribution is 5.48. The van der Waals surface area contributed by atoms with Crippen molar-refractivity contribution in [2.24, 2.45) is 7.05 Å². The van der Waals surface area contributed by atoms with E-state index in [2.05, 4.69) is 5.10 Å². The number of hydrogen-bond acceptors (Lipinski definition) is 2. The van der Waals surface area contributed by atoms with E-state index >= 15 is 0 Å². The molecule has 0 saturated heterocycles. The van der Waals surface area contributed by atoms with Crippen LogP contribution in [0.1, 0.15) is 11.3 Å². The molecule has 15 heavy (non-hydrogen) atoms. The first-order valence-corrected chi connectivity index (χ1v) is 4.67. The molecule has 3 nitrogen and oxygen atoms in total. The number of aryl methyl sites for hydroxylation is 1. The molecule has 0 saturated carbocycles. The molecule has 1 heterocycles. The lowest BCUT2D eigenvalue weighted by Gasteiger charge is -2.05. The van der Waals surface area contributed by atoms with Crippen molar-refractivity contribution in [2.45, 2.75) is 6.42 Å². The third-order valence-electron chi connectivity index (χ3n) is 2.40. The van der Waals surface area contributed by atoms with Crippen LogP contribution in [0, 0.1) is 5.82 Å². The summed E-state index contributed by atoms with van der Waals surface area (Å²) >= 11 is 0. The van der Waals surface area contributed by atoms with Crippen molar-refractivity contribution in [2.75, 3.05) is 5.73 Å². The zero-order valence-electron chi connectivity index (χ0n) is 8.44. The van der Waals surface area contributed by atoms with Crippen molar-refractivity contribution in [1.82, 2.24) is 9.78 Å². The Kier molecular flexibility index (Phi) is 2.41. The third-order valence-corrected chi connectivity index (χ3v) is 2.40. The summed E-state index contributed by atoms with van der Waals surface area (Å²) in [6, 6.07) is 6.38. The van der Waals surface area contributed by atoms with Gasteiger partial charge in [-0.3, -0.25) is 4.68 Å². The van der Waals surface area contributed by atoms with Crippen molar-refractivity contribution in [1.29, 1.82) is 0 Å². The Bertz CT molecular complexity index is 476. The molecule has 0 atom stereocenters. The van der Waals surface area contributed by atoms with Crippen LogP contribution in [-0.2, 0) is 13.5 Å². The standard InChI is InChI=1S/C11H12FN3/c1-15-10(4-5-14-15)6-8-2-3-9(12)7-11(8)13/h2-5,7H,6,13H2,1H3. The highest BCUT2D eigenvalue weighted by Crippen LogP contribution is 2.17. The van der Waals surface area contributed by atoms with Gasteiger partial charge in [-0.05, 0) is 23.8 Å². The molecule has 2 N–H and O–H groups in total. The first-order valence-electron chi connectivity index (χ1n) is 4.67. The Morgan fingerprint density at radius 2 is 2.20 bits per heavy atom. The summed E-state index contributed by atoms with van der Waals surface area (Å²) in [6.07, 6.45) is 2.40. The zero-order valence-corrected chi connectivity index (χ0v) is 8.44. The molecule has 1 aromatic carbocycles. The number of halogens is 1. The third kappa shape index (κ3) is 1.98. The topological polar surface area (TPSA) is 43.8 Å². The van der Waals surface area contributed by atoms with Gasteiger partial charge in [-0.15, -0.1) is 0 Å². The highest BCUT2D eigenvalue weighted by atomic mass is 19.1. The minimum atomic E-state index is -0.304. The molecule has 0 aliphatic heterocycles. The maximum absolute atomic E-state index is 12.8. The van der Waals surface area contributed by atoms with Crippen molar-refractivity contribution >= 4 is 5.69 Å². The summed E-state index contributed by atoms with van der Waals surface area (Å²) in [6.45, 7) is 0. The van der Waals surface area contributed by atoms with Crippen LogP contribution in [0.4, 0.5) is 10.1 Å². The molecule has 0 spiro atoms. The van der Waals surface area contributed by atoms with Crippen molar-refractivity contribution in [3.05, 3.63) is 47.5 Å². The van der Waals surface area contributed by atoms with E-state index in [1.54, 1.807) is 16.9 Å². The van der Waals surface area contributed by atoms with Gasteiger partial charge in [-0.1, -0.05) is 6.07 Å². The molecule has 0 radical (unpaired) electrons. The molecule has 0 unspecified atom stereocenters. The molecule has 0 fully saturated rings. The molecular formula is C11H12FN3. The maximum Gasteiger partial charge on any atom is 0.125 e. The Morgan fingerprint density at radius 3 is 2.80 bits per heavy atom. The van der Waals surface area contributed by atoms with Gasteiger partial charge in [0.15, 0.2) is 0 Å². The number of anilines is 1. The second kappa shape index (κ2) is 3.73. The average Bonchev–Trinajstić information content (AvgIpc) is 2.57. The fourth-order valence-corrected chi connectivity index (χ4v) is 1.50. The molecule has 4 heteroatoms. The van der Waals surface area contributed by atoms with Crippen LogP contribution in [0.3, 0.4) is 0 Å². The average molecular weight is 205 g/mol. The molecule has 1 aromatic heterocycles. The summed E-state index contributed by atoms with van der Waals surface area (Å²) < 4.78 is 14.6. The van der Waals surface area contributed by atoms with E-state index in [0.717, 1.165) is 11.3 Å². The van der Waals surface area contributed by atoms with Crippen LogP contribution in [0.5, 0.6) is 0 Å². The van der Waals surface area contributed by atoms with Gasteiger partial charge in [0, 0.05) is 31.0 Å². The van der Waals surface area contributed by atoms with Crippen LogP contribution in [0.25, 0.3) is 0 Å². The van der Waals surface area contributed by atoms with Crippen LogP contribution < -0.4 is 5.73 Å². The molecule has 0 bridgehead atoms. The van der Waals surface area contributed by atoms with Gasteiger partial charge in [-0.25, -0.2) is 4.39 Å². The second-order valence-electron chi connectivity index (χ2n) is 3.47. The van der Waals surface area contributed by atoms with Gasteiger partial charge >= 0.3 is 0 Å². The SMILES string of the molecule is Cn1nccc1Cc1ccc(F)cc1N. The largest absolute Gasteiger partial charge is 0.398 e. The normalized spacial score (nSPS) is 10.5. The number of nitrogens with zero attached hydrogens (tertiary/aromatic N) is 2. The lowest BCUT2D eigenvalue weighted by molar-refractivity contribution is 0.627. The molecule has 0 aliphatic rings. The van der Waals surface area contributed by atoms with Gasteiger partial charge in [0.05, 0.1) is 0 Å². The molecule has 78 valence electrons. The fraction of sp³-hybridized carbons (Fsp3) is 0.182. The van der Waals surface area contributed by atoms with Crippen LogP contribution >= 0.6 is 0 Å². The van der Waals surface area contributed by atoms with Gasteiger partial charge < -0.3 is 5.73 Å². The highest BCUT2D eigenvalue weighted by Gasteiger charge is 2.04. The van der Waals surface area contributed by atoms with E-state index in [1.165, 1.54) is 12.1 Å². The van der Waals surface area contributed by atoms with E-state index in [1.807, 2.05) is 13.1 Å². The predicted molar refractivity (Wildman–Crippen MR) is 56.8 cm³/mol. The van der Waals surface area contributed by atoms with E-state index in [4.69, 9.17) is 5.73 Å². The minimum absolute atomic E-state index is 0.304. The lowest BCUT2D eigenvalue weighted by Crippen LogP contribution is -2.02. The first-order chi connectivity index (χ1) is 7.16. The summed E-state index contributed by atoms with van der Waals surface area (Å²) in [7, 11) is 1.87. The Balaban J connectivity index is 2.29. The van der Waals surface area contributed by atoms with E-state index in [0.29, 0.717) is 12.1 Å². The number of benzene rings is 1. The summed E-state index contributed by atoms with van der Waals surface area (Å²) in [5.74, 6) is -0.304. The van der Waals surface area contributed by atoms with E-state index in [-0.39, 0.29) is 5.82 Å². The van der Waals surface area contributed by atoms with Crippen molar-refractivity contribution < 1.29 is 4.39 Å². The van der Waals surface area contributed by atoms with Crippen molar-refractivity contribution in [3.63, 3.8) is 0 Å². The monoisotopic (exact) mass is 205 g/mol. The minimum Gasteiger partial charge on any atom is -0.398 e. The Hall–Kier alpha value is -1.84. The maximum atomic E-state index is 12.8. The number of nitrogen functional groups attached to an aromatic ring is 1. The Labute approximate surface area is 87.3 Å². The van der Waals surface area contributed by atoms with E-state index < -0.39 is 0 Å². The van der Waals surface area contributed by atoms with Crippen LogP contribution in [0.15, 0.2) is 30.5 Å². The molecule has 0 aliphatic carbocycles. The predicted octanol–water partition coefficient (Wildman–Crippen LogP) is 1.73. The smallest absolute Gasteiger partial charge is 0.125 e. The van der Waals surface area contributed by atoms with E-state index in [9.17, 15) is 4.39 Å². The second-order valence-corrected chi connectivity index (χ2v) is 3.47. The molecule has 2 rings (SSSR count). The van der Waals surface area contributed by atoms with Crippen LogP contribution in [-0.4, -0.2) is 9.78 Å². The zero-order chi connectivity index (χ0) is 10.8. The van der Waals surface area contributed by atoms with Gasteiger partial charge in [0.1, 0.15) is 5.82 Å². The number of nitrogens with two attached hydrogens (primary N) is 1.